The minimum Gasteiger partial charge on any atom is -0.344 e. The van der Waals surface area contributed by atoms with Gasteiger partial charge in [0.1, 0.15) is 0 Å². The highest BCUT2D eigenvalue weighted by Gasteiger charge is 2.19. The lowest BCUT2D eigenvalue weighted by Gasteiger charge is -2.34. The zero-order valence-electron chi connectivity index (χ0n) is 16.3. The molecular weight excluding hydrogens is 318 g/mol. The minimum absolute atomic E-state index is 1.16. The van der Waals surface area contributed by atoms with Crippen molar-refractivity contribution in [3.05, 3.63) is 47.7 Å². The summed E-state index contributed by atoms with van der Waals surface area (Å²) in [5.74, 6) is 0. The number of hydrogen-bond acceptors (Lipinski definition) is 2. The first-order valence-corrected chi connectivity index (χ1v) is 10.6. The number of benzene rings is 1. The van der Waals surface area contributed by atoms with E-state index < -0.39 is 0 Å². The molecule has 3 nitrogen and oxygen atoms in total. The Hall–Kier alpha value is -1.58. The first kappa shape index (κ1) is 17.8. The van der Waals surface area contributed by atoms with Gasteiger partial charge in [-0.25, -0.2) is 0 Å². The highest BCUT2D eigenvalue weighted by molar-refractivity contribution is 5.62. The summed E-state index contributed by atoms with van der Waals surface area (Å²) in [5.41, 5.74) is 6.03. The van der Waals surface area contributed by atoms with Gasteiger partial charge in [-0.05, 0) is 62.4 Å². The van der Waals surface area contributed by atoms with Gasteiger partial charge in [-0.15, -0.1) is 0 Å². The van der Waals surface area contributed by atoms with Gasteiger partial charge in [0.2, 0.25) is 0 Å². The van der Waals surface area contributed by atoms with Crippen LogP contribution in [0.4, 0.5) is 0 Å². The van der Waals surface area contributed by atoms with Crippen LogP contribution in [0, 0.1) is 0 Å². The summed E-state index contributed by atoms with van der Waals surface area (Å²) in [6.07, 6.45) is 6.49. The molecular formula is C23H33N3. The molecule has 0 bridgehead atoms. The minimum atomic E-state index is 1.16. The molecule has 0 atom stereocenters. The molecule has 1 aliphatic carbocycles. The lowest BCUT2D eigenvalue weighted by atomic mass is 9.98. The third kappa shape index (κ3) is 3.89. The topological polar surface area (TPSA) is 11.4 Å². The predicted octanol–water partition coefficient (Wildman–Crippen LogP) is 4.06. The molecule has 0 saturated carbocycles. The highest BCUT2D eigenvalue weighted by Crippen LogP contribution is 2.31. The Balaban J connectivity index is 1.45. The fraction of sp³-hybridized carbons (Fsp3) is 0.565. The molecule has 1 aliphatic heterocycles. The van der Waals surface area contributed by atoms with Crippen LogP contribution < -0.4 is 0 Å². The van der Waals surface area contributed by atoms with Crippen molar-refractivity contribution in [1.29, 1.82) is 0 Å². The van der Waals surface area contributed by atoms with Crippen molar-refractivity contribution in [2.75, 3.05) is 39.3 Å². The van der Waals surface area contributed by atoms with E-state index in [4.69, 9.17) is 0 Å². The summed E-state index contributed by atoms with van der Waals surface area (Å²) in [7, 11) is 0. The van der Waals surface area contributed by atoms with Crippen LogP contribution in [-0.2, 0) is 19.4 Å². The lowest BCUT2D eigenvalue weighted by Crippen LogP contribution is -2.46. The van der Waals surface area contributed by atoms with Crippen molar-refractivity contribution in [3.63, 3.8) is 0 Å². The average molecular weight is 352 g/mol. The zero-order valence-corrected chi connectivity index (χ0v) is 16.3. The Morgan fingerprint density at radius 1 is 0.846 bits per heavy atom. The van der Waals surface area contributed by atoms with Crippen LogP contribution in [0.25, 0.3) is 11.3 Å². The van der Waals surface area contributed by atoms with E-state index in [0.717, 1.165) is 6.54 Å². The van der Waals surface area contributed by atoms with Crippen molar-refractivity contribution < 1.29 is 0 Å². The van der Waals surface area contributed by atoms with Gasteiger partial charge in [0, 0.05) is 44.1 Å². The number of fused-ring (bicyclic) bond motifs is 1. The van der Waals surface area contributed by atoms with E-state index in [0.29, 0.717) is 0 Å². The quantitative estimate of drug-likeness (QED) is 0.777. The van der Waals surface area contributed by atoms with E-state index >= 15 is 0 Å². The molecule has 4 rings (SSSR count). The SMILES string of the molecule is CCN1CCN(CCCn2c(-c3ccccc3)cc3c2CCCC3)CC1. The van der Waals surface area contributed by atoms with Crippen molar-refractivity contribution in [3.8, 4) is 11.3 Å². The summed E-state index contributed by atoms with van der Waals surface area (Å²) >= 11 is 0. The Morgan fingerprint density at radius 2 is 1.58 bits per heavy atom. The van der Waals surface area contributed by atoms with E-state index in [-0.39, 0.29) is 0 Å². The standard InChI is InChI=1S/C23H33N3/c1-2-24-15-17-25(18-16-24)13-8-14-26-22-12-7-6-11-21(22)19-23(26)20-9-4-3-5-10-20/h3-5,9-10,19H,2,6-8,11-18H2,1H3. The largest absolute Gasteiger partial charge is 0.344 e. The predicted molar refractivity (Wildman–Crippen MR) is 110 cm³/mol. The Bertz CT molecular complexity index is 696. The molecule has 0 spiro atoms. The van der Waals surface area contributed by atoms with E-state index in [9.17, 15) is 0 Å². The number of aromatic nitrogens is 1. The van der Waals surface area contributed by atoms with Crippen LogP contribution in [0.1, 0.15) is 37.4 Å². The van der Waals surface area contributed by atoms with Crippen molar-refractivity contribution in [2.24, 2.45) is 0 Å². The summed E-state index contributed by atoms with van der Waals surface area (Å²) in [6, 6.07) is 13.5. The van der Waals surface area contributed by atoms with E-state index in [1.54, 1.807) is 11.3 Å². The van der Waals surface area contributed by atoms with E-state index in [1.807, 2.05) is 0 Å². The van der Waals surface area contributed by atoms with Gasteiger partial charge in [0.15, 0.2) is 0 Å². The number of likely N-dealkylation sites (N-methyl/N-ethyl adjacent to an activating group) is 1. The van der Waals surface area contributed by atoms with Crippen LogP contribution in [0.5, 0.6) is 0 Å². The molecule has 3 heteroatoms. The fourth-order valence-electron chi connectivity index (χ4n) is 4.65. The van der Waals surface area contributed by atoms with Gasteiger partial charge in [-0.2, -0.15) is 0 Å². The molecule has 26 heavy (non-hydrogen) atoms. The van der Waals surface area contributed by atoms with Crippen LogP contribution in [-0.4, -0.2) is 53.6 Å². The molecule has 1 saturated heterocycles. The fourth-order valence-corrected chi connectivity index (χ4v) is 4.65. The molecule has 0 amide bonds. The number of rotatable bonds is 6. The molecule has 0 unspecified atom stereocenters. The smallest absolute Gasteiger partial charge is 0.0485 e. The second-order valence-corrected chi connectivity index (χ2v) is 7.86. The van der Waals surface area contributed by atoms with Gasteiger partial charge in [-0.1, -0.05) is 37.3 Å². The number of piperazine rings is 1. The summed E-state index contributed by atoms with van der Waals surface area (Å²) < 4.78 is 2.64. The maximum Gasteiger partial charge on any atom is 0.0485 e. The molecule has 1 aromatic carbocycles. The molecule has 2 heterocycles. The van der Waals surface area contributed by atoms with Crippen molar-refractivity contribution in [1.82, 2.24) is 14.4 Å². The summed E-state index contributed by atoms with van der Waals surface area (Å²) in [5, 5.41) is 0. The van der Waals surface area contributed by atoms with E-state index in [1.165, 1.54) is 82.6 Å². The molecule has 2 aliphatic rings. The van der Waals surface area contributed by atoms with Crippen molar-refractivity contribution in [2.45, 2.75) is 45.6 Å². The Morgan fingerprint density at radius 3 is 2.35 bits per heavy atom. The van der Waals surface area contributed by atoms with Crippen LogP contribution in [0.15, 0.2) is 36.4 Å². The maximum atomic E-state index is 2.66. The second-order valence-electron chi connectivity index (χ2n) is 7.86. The van der Waals surface area contributed by atoms with Gasteiger partial charge >= 0.3 is 0 Å². The molecule has 0 N–H and O–H groups in total. The second kappa shape index (κ2) is 8.41. The van der Waals surface area contributed by atoms with Gasteiger partial charge in [0.25, 0.3) is 0 Å². The number of nitrogens with zero attached hydrogens (tertiary/aromatic N) is 3. The molecule has 2 aromatic rings. The molecule has 1 aromatic heterocycles. The average Bonchev–Trinajstić information content (AvgIpc) is 3.08. The molecule has 1 fully saturated rings. The first-order valence-electron chi connectivity index (χ1n) is 10.6. The van der Waals surface area contributed by atoms with Gasteiger partial charge < -0.3 is 14.4 Å². The Kier molecular flexibility index (Phi) is 5.76. The first-order chi connectivity index (χ1) is 12.8. The third-order valence-corrected chi connectivity index (χ3v) is 6.25. The maximum absolute atomic E-state index is 2.66. The Labute approximate surface area is 158 Å². The molecule has 0 radical (unpaired) electrons. The molecule has 140 valence electrons. The summed E-state index contributed by atoms with van der Waals surface area (Å²) in [6.45, 7) is 10.8. The van der Waals surface area contributed by atoms with Crippen molar-refractivity contribution >= 4 is 0 Å². The van der Waals surface area contributed by atoms with Crippen LogP contribution in [0.3, 0.4) is 0 Å². The third-order valence-electron chi connectivity index (χ3n) is 6.25. The lowest BCUT2D eigenvalue weighted by molar-refractivity contribution is 0.135. The summed E-state index contributed by atoms with van der Waals surface area (Å²) in [4.78, 5) is 5.22. The van der Waals surface area contributed by atoms with Crippen LogP contribution >= 0.6 is 0 Å². The van der Waals surface area contributed by atoms with Gasteiger partial charge in [0.05, 0.1) is 0 Å². The zero-order chi connectivity index (χ0) is 17.8. The van der Waals surface area contributed by atoms with Gasteiger partial charge in [-0.3, -0.25) is 0 Å². The van der Waals surface area contributed by atoms with E-state index in [2.05, 4.69) is 57.7 Å². The monoisotopic (exact) mass is 351 g/mol. The number of hydrogen-bond donors (Lipinski definition) is 0. The van der Waals surface area contributed by atoms with Crippen LogP contribution in [0.2, 0.25) is 0 Å². The normalized spacial score (nSPS) is 18.8. The number of aryl methyl sites for hydroxylation is 1. The highest BCUT2D eigenvalue weighted by atomic mass is 15.3.